The van der Waals surface area contributed by atoms with Crippen molar-refractivity contribution in [2.75, 3.05) is 5.32 Å². The average molecular weight is 347 g/mol. The second kappa shape index (κ2) is 6.57. The first-order valence-corrected chi connectivity index (χ1v) is 8.94. The number of thiophene rings is 1. The van der Waals surface area contributed by atoms with Crippen LogP contribution in [0.5, 0.6) is 0 Å². The number of nitrogens with zero attached hydrogens (tertiary/aromatic N) is 4. The van der Waals surface area contributed by atoms with Crippen molar-refractivity contribution in [2.45, 2.75) is 19.9 Å². The molecule has 1 aromatic carbocycles. The first-order valence-electron chi connectivity index (χ1n) is 8.06. The van der Waals surface area contributed by atoms with Crippen LogP contribution in [-0.2, 0) is 0 Å². The van der Waals surface area contributed by atoms with Gasteiger partial charge in [-0.3, -0.25) is 9.97 Å². The van der Waals surface area contributed by atoms with E-state index < -0.39 is 0 Å². The number of nitrogens with one attached hydrogen (secondary N) is 1. The minimum Gasteiger partial charge on any atom is -0.361 e. The van der Waals surface area contributed by atoms with E-state index in [1.807, 2.05) is 25.1 Å². The van der Waals surface area contributed by atoms with Gasteiger partial charge in [0.25, 0.3) is 0 Å². The fourth-order valence-electron chi connectivity index (χ4n) is 2.80. The lowest BCUT2D eigenvalue weighted by Gasteiger charge is -2.15. The Balaban J connectivity index is 1.81. The van der Waals surface area contributed by atoms with Gasteiger partial charge < -0.3 is 5.32 Å². The van der Waals surface area contributed by atoms with Crippen LogP contribution in [0.15, 0.2) is 54.3 Å². The summed E-state index contributed by atoms with van der Waals surface area (Å²) in [7, 11) is 0. The van der Waals surface area contributed by atoms with E-state index in [-0.39, 0.29) is 6.04 Å². The number of fused-ring (bicyclic) bond motifs is 1. The molecule has 0 saturated carbocycles. The van der Waals surface area contributed by atoms with E-state index in [1.165, 1.54) is 0 Å². The molecule has 0 aliphatic heterocycles. The van der Waals surface area contributed by atoms with E-state index >= 15 is 0 Å². The smallest absolute Gasteiger partial charge is 0.139 e. The molecule has 124 valence electrons. The minimum absolute atomic E-state index is 0.00489. The number of hydrogen-bond donors (Lipinski definition) is 1. The summed E-state index contributed by atoms with van der Waals surface area (Å²) in [6.07, 6.45) is 5.15. The first-order chi connectivity index (χ1) is 12.2. The normalized spacial score (nSPS) is 12.2. The maximum atomic E-state index is 4.66. The Kier molecular flexibility index (Phi) is 4.11. The highest BCUT2D eigenvalue weighted by molar-refractivity contribution is 7.17. The molecular weight excluding hydrogens is 330 g/mol. The largest absolute Gasteiger partial charge is 0.361 e. The Hall–Kier alpha value is -2.86. The lowest BCUT2D eigenvalue weighted by molar-refractivity contribution is 0.820. The third-order valence-electron chi connectivity index (χ3n) is 4.01. The Morgan fingerprint density at radius 3 is 2.68 bits per heavy atom. The molecule has 5 nitrogen and oxygen atoms in total. The maximum absolute atomic E-state index is 4.66. The van der Waals surface area contributed by atoms with E-state index in [9.17, 15) is 0 Å². The topological polar surface area (TPSA) is 63.6 Å². The molecule has 0 aliphatic carbocycles. The molecule has 0 spiro atoms. The van der Waals surface area contributed by atoms with E-state index in [4.69, 9.17) is 0 Å². The summed E-state index contributed by atoms with van der Waals surface area (Å²) < 4.78 is 0. The summed E-state index contributed by atoms with van der Waals surface area (Å²) in [6, 6.07) is 10.3. The monoisotopic (exact) mass is 347 g/mol. The molecule has 0 aliphatic rings. The third kappa shape index (κ3) is 3.08. The zero-order valence-electron chi connectivity index (χ0n) is 14.0. The number of aryl methyl sites for hydroxylation is 1. The van der Waals surface area contributed by atoms with Crippen LogP contribution in [0.25, 0.3) is 21.3 Å². The quantitative estimate of drug-likeness (QED) is 0.583. The van der Waals surface area contributed by atoms with Crippen LogP contribution in [0.3, 0.4) is 0 Å². The number of aromatic nitrogens is 4. The van der Waals surface area contributed by atoms with Gasteiger partial charge in [-0.2, -0.15) is 0 Å². The van der Waals surface area contributed by atoms with Gasteiger partial charge in [0.1, 0.15) is 16.5 Å². The second-order valence-corrected chi connectivity index (χ2v) is 6.67. The fraction of sp³-hybridized carbons (Fsp3) is 0.158. The number of benzene rings is 1. The van der Waals surface area contributed by atoms with E-state index in [1.54, 1.807) is 29.9 Å². The van der Waals surface area contributed by atoms with Crippen molar-refractivity contribution in [3.63, 3.8) is 0 Å². The molecular formula is C19H17N5S. The highest BCUT2D eigenvalue weighted by atomic mass is 32.1. The number of anilines is 1. The number of hydrogen-bond acceptors (Lipinski definition) is 6. The van der Waals surface area contributed by atoms with Crippen LogP contribution in [0.1, 0.15) is 24.5 Å². The minimum atomic E-state index is -0.00489. The van der Waals surface area contributed by atoms with Crippen LogP contribution in [0, 0.1) is 6.92 Å². The van der Waals surface area contributed by atoms with Crippen LogP contribution < -0.4 is 5.32 Å². The summed E-state index contributed by atoms with van der Waals surface area (Å²) in [5, 5.41) is 6.69. The van der Waals surface area contributed by atoms with Gasteiger partial charge in [-0.25, -0.2) is 9.97 Å². The maximum Gasteiger partial charge on any atom is 0.139 e. The first kappa shape index (κ1) is 15.7. The molecule has 0 bridgehead atoms. The summed E-state index contributed by atoms with van der Waals surface area (Å²) in [5.41, 5.74) is 3.19. The van der Waals surface area contributed by atoms with Gasteiger partial charge in [-0.1, -0.05) is 30.3 Å². The van der Waals surface area contributed by atoms with Gasteiger partial charge in [0.15, 0.2) is 0 Å². The summed E-state index contributed by atoms with van der Waals surface area (Å²) in [6.45, 7) is 3.97. The molecule has 4 aromatic rings. The zero-order chi connectivity index (χ0) is 17.2. The molecule has 0 unspecified atom stereocenters. The van der Waals surface area contributed by atoms with Crippen molar-refractivity contribution < 1.29 is 0 Å². The van der Waals surface area contributed by atoms with E-state index in [0.717, 1.165) is 38.7 Å². The van der Waals surface area contributed by atoms with Crippen LogP contribution in [-0.4, -0.2) is 19.9 Å². The molecule has 4 rings (SSSR count). The van der Waals surface area contributed by atoms with Crippen molar-refractivity contribution in [1.29, 1.82) is 0 Å². The molecule has 3 heterocycles. The highest BCUT2D eigenvalue weighted by Crippen LogP contribution is 2.37. The summed E-state index contributed by atoms with van der Waals surface area (Å²) >= 11 is 1.64. The molecule has 1 atom stereocenters. The predicted molar refractivity (Wildman–Crippen MR) is 102 cm³/mol. The highest BCUT2D eigenvalue weighted by Gasteiger charge is 2.16. The van der Waals surface area contributed by atoms with Gasteiger partial charge in [0, 0.05) is 23.3 Å². The molecule has 0 fully saturated rings. The molecule has 3 aromatic heterocycles. The Labute approximate surface area is 149 Å². The van der Waals surface area contributed by atoms with Crippen LogP contribution >= 0.6 is 11.3 Å². The van der Waals surface area contributed by atoms with Crippen molar-refractivity contribution in [1.82, 2.24) is 19.9 Å². The van der Waals surface area contributed by atoms with Gasteiger partial charge in [0.05, 0.1) is 23.3 Å². The van der Waals surface area contributed by atoms with Crippen LogP contribution in [0.4, 0.5) is 5.82 Å². The van der Waals surface area contributed by atoms with Gasteiger partial charge >= 0.3 is 0 Å². The second-order valence-electron chi connectivity index (χ2n) is 5.81. The molecule has 0 radical (unpaired) electrons. The van der Waals surface area contributed by atoms with Crippen molar-refractivity contribution in [3.05, 3.63) is 65.8 Å². The molecule has 6 heteroatoms. The molecule has 0 saturated heterocycles. The number of rotatable bonds is 4. The fourth-order valence-corrected chi connectivity index (χ4v) is 3.79. The summed E-state index contributed by atoms with van der Waals surface area (Å²) in [4.78, 5) is 18.8. The van der Waals surface area contributed by atoms with Crippen molar-refractivity contribution in [3.8, 4) is 11.1 Å². The van der Waals surface area contributed by atoms with Crippen LogP contribution in [0.2, 0.25) is 0 Å². The standard InChI is InChI=1S/C19H17N5S/c1-12(16-10-20-8-9-21-16)22-18-17-15(14-6-4-3-5-7-14)11-25-19(17)24-13(2)23-18/h3-12H,1-2H3,(H,22,23,24)/t12-/m0/s1. The van der Waals surface area contributed by atoms with E-state index in [2.05, 4.69) is 49.7 Å². The van der Waals surface area contributed by atoms with E-state index in [0.29, 0.717) is 0 Å². The van der Waals surface area contributed by atoms with Crippen molar-refractivity contribution >= 4 is 27.4 Å². The average Bonchev–Trinajstić information content (AvgIpc) is 3.07. The lowest BCUT2D eigenvalue weighted by atomic mass is 10.1. The van der Waals surface area contributed by atoms with Gasteiger partial charge in [0.2, 0.25) is 0 Å². The Morgan fingerprint density at radius 1 is 1.08 bits per heavy atom. The molecule has 25 heavy (non-hydrogen) atoms. The third-order valence-corrected chi connectivity index (χ3v) is 4.88. The Bertz CT molecular complexity index is 998. The zero-order valence-corrected chi connectivity index (χ0v) is 14.8. The van der Waals surface area contributed by atoms with Crippen molar-refractivity contribution in [2.24, 2.45) is 0 Å². The Morgan fingerprint density at radius 2 is 1.92 bits per heavy atom. The lowest BCUT2D eigenvalue weighted by Crippen LogP contribution is -2.11. The molecule has 1 N–H and O–H groups in total. The van der Waals surface area contributed by atoms with Gasteiger partial charge in [-0.05, 0) is 19.4 Å². The molecule has 0 amide bonds. The predicted octanol–water partition coefficient (Wildman–Crippen LogP) is 4.63. The SMILES string of the molecule is Cc1nc(N[C@@H](C)c2cnccn2)c2c(-c3ccccc3)csc2n1. The summed E-state index contributed by atoms with van der Waals surface area (Å²) in [5.74, 6) is 1.59. The van der Waals surface area contributed by atoms with Gasteiger partial charge in [-0.15, -0.1) is 11.3 Å².